The third-order valence-corrected chi connectivity index (χ3v) is 6.22. The van der Waals surface area contributed by atoms with Gasteiger partial charge in [0.15, 0.2) is 5.78 Å². The summed E-state index contributed by atoms with van der Waals surface area (Å²) in [5, 5.41) is 12.8. The van der Waals surface area contributed by atoms with E-state index in [-0.39, 0.29) is 17.2 Å². The first-order valence-electron chi connectivity index (χ1n) is 10.4. The summed E-state index contributed by atoms with van der Waals surface area (Å²) in [6.45, 7) is 5.56. The van der Waals surface area contributed by atoms with Crippen molar-refractivity contribution >= 4 is 23.2 Å². The molecule has 0 radical (unpaired) electrons. The van der Waals surface area contributed by atoms with Crippen LogP contribution in [0.4, 0.5) is 4.79 Å². The van der Waals surface area contributed by atoms with Crippen LogP contribution in [-0.4, -0.2) is 24.1 Å². The molecule has 172 valence electrons. The van der Waals surface area contributed by atoms with Crippen molar-refractivity contribution in [3.8, 4) is 5.75 Å². The van der Waals surface area contributed by atoms with Gasteiger partial charge in [-0.05, 0) is 43.9 Å². The van der Waals surface area contributed by atoms with Crippen molar-refractivity contribution in [2.75, 3.05) is 7.11 Å². The molecule has 2 N–H and O–H groups in total. The van der Waals surface area contributed by atoms with Gasteiger partial charge in [0.1, 0.15) is 17.1 Å². The van der Waals surface area contributed by atoms with E-state index in [1.165, 1.54) is 24.3 Å². The van der Waals surface area contributed by atoms with Gasteiger partial charge in [0.2, 0.25) is 0 Å². The second kappa shape index (κ2) is 12.0. The van der Waals surface area contributed by atoms with Crippen molar-refractivity contribution in [2.45, 2.75) is 52.4 Å². The maximum Gasteiger partial charge on any atom is 0.410 e. The molecule has 0 aliphatic rings. The van der Waals surface area contributed by atoms with Crippen molar-refractivity contribution in [3.05, 3.63) is 73.6 Å². The first-order chi connectivity index (χ1) is 15.3. The second-order valence-electron chi connectivity index (χ2n) is 7.36. The van der Waals surface area contributed by atoms with E-state index in [0.717, 1.165) is 11.3 Å². The Morgan fingerprint density at radius 1 is 1.31 bits per heavy atom. The lowest BCUT2D eigenvalue weighted by molar-refractivity contribution is 0.102. The van der Waals surface area contributed by atoms with Crippen molar-refractivity contribution in [3.63, 3.8) is 0 Å². The zero-order valence-corrected chi connectivity index (χ0v) is 19.6. The Hall–Kier alpha value is -3.13. The number of amides is 1. The van der Waals surface area contributed by atoms with Crippen LogP contribution in [0.25, 0.3) is 0 Å². The number of aromatic hydroxyl groups is 1. The van der Waals surface area contributed by atoms with Crippen LogP contribution in [0.1, 0.15) is 65.4 Å². The van der Waals surface area contributed by atoms with Crippen LogP contribution >= 0.6 is 11.3 Å². The molecule has 0 bridgehead atoms. The Morgan fingerprint density at radius 3 is 2.66 bits per heavy atom. The van der Waals surface area contributed by atoms with Gasteiger partial charge >= 0.3 is 11.7 Å². The fourth-order valence-electron chi connectivity index (χ4n) is 2.97. The average Bonchev–Trinajstić information content (AvgIpc) is 3.24. The van der Waals surface area contributed by atoms with Crippen molar-refractivity contribution in [1.82, 2.24) is 5.32 Å². The molecular formula is C24H29NO6S. The molecule has 2 rings (SSSR count). The van der Waals surface area contributed by atoms with Crippen molar-refractivity contribution in [1.29, 1.82) is 0 Å². The Morgan fingerprint density at radius 2 is 2.03 bits per heavy atom. The second-order valence-corrected chi connectivity index (χ2v) is 8.61. The van der Waals surface area contributed by atoms with Crippen molar-refractivity contribution < 1.29 is 23.8 Å². The molecule has 1 amide bonds. The predicted molar refractivity (Wildman–Crippen MR) is 124 cm³/mol. The third kappa shape index (κ3) is 6.95. The van der Waals surface area contributed by atoms with E-state index in [9.17, 15) is 19.5 Å². The van der Waals surface area contributed by atoms with Crippen LogP contribution in [0.3, 0.4) is 0 Å². The van der Waals surface area contributed by atoms with E-state index in [4.69, 9.17) is 4.42 Å². The average molecular weight is 460 g/mol. The van der Waals surface area contributed by atoms with E-state index in [1.54, 1.807) is 30.4 Å². The molecule has 1 atom stereocenters. The highest BCUT2D eigenvalue weighted by molar-refractivity contribution is 7.12. The molecule has 0 aromatic carbocycles. The lowest BCUT2D eigenvalue weighted by Crippen LogP contribution is -2.17. The number of ether oxygens (including phenoxy) is 1. The number of rotatable bonds is 10. The molecule has 2 heterocycles. The summed E-state index contributed by atoms with van der Waals surface area (Å²) in [5.41, 5.74) is -0.822. The molecule has 0 saturated carbocycles. The highest BCUT2D eigenvalue weighted by Crippen LogP contribution is 2.26. The number of ketones is 1. The smallest absolute Gasteiger partial charge is 0.410 e. The van der Waals surface area contributed by atoms with Crippen LogP contribution < -0.4 is 10.9 Å². The monoisotopic (exact) mass is 459 g/mol. The minimum absolute atomic E-state index is 0.177. The molecule has 2 aromatic heterocycles. The molecule has 7 nitrogen and oxygen atoms in total. The van der Waals surface area contributed by atoms with Gasteiger partial charge in [-0.3, -0.25) is 10.1 Å². The molecule has 0 saturated heterocycles. The van der Waals surface area contributed by atoms with E-state index < -0.39 is 17.5 Å². The molecule has 1 unspecified atom stereocenters. The summed E-state index contributed by atoms with van der Waals surface area (Å²) in [5.74, 6) is -0.804. The number of Topliss-reactive ketones (excluding diaryl/α,β-unsaturated/α-hetero) is 1. The van der Waals surface area contributed by atoms with E-state index in [1.807, 2.05) is 13.0 Å². The summed E-state index contributed by atoms with van der Waals surface area (Å²) in [4.78, 5) is 38.6. The number of aryl methyl sites for hydroxylation is 1. The zero-order valence-electron chi connectivity index (χ0n) is 18.8. The number of thiophene rings is 1. The van der Waals surface area contributed by atoms with Crippen molar-refractivity contribution in [2.24, 2.45) is 0 Å². The molecular weight excluding hydrogens is 430 g/mol. The molecule has 0 fully saturated rings. The maximum atomic E-state index is 12.7. The first-order valence-corrected chi connectivity index (χ1v) is 11.2. The number of hydrogen-bond donors (Lipinski definition) is 2. The number of allylic oxidation sites excluding steroid dienone is 3. The number of hydrogen-bond acceptors (Lipinski definition) is 7. The van der Waals surface area contributed by atoms with Gasteiger partial charge in [0.05, 0.1) is 7.11 Å². The fraction of sp³-hybridized carbons (Fsp3) is 0.375. The summed E-state index contributed by atoms with van der Waals surface area (Å²) in [6.07, 6.45) is 7.17. The molecule has 0 aliphatic carbocycles. The minimum atomic E-state index is -0.850. The van der Waals surface area contributed by atoms with Crippen LogP contribution in [-0.2, 0) is 17.6 Å². The predicted octanol–water partition coefficient (Wildman–Crippen LogP) is 5.09. The zero-order chi connectivity index (χ0) is 23.7. The van der Waals surface area contributed by atoms with Gasteiger partial charge in [-0.15, -0.1) is 11.3 Å². The van der Waals surface area contributed by atoms with E-state index in [0.29, 0.717) is 30.6 Å². The first kappa shape index (κ1) is 25.1. The van der Waals surface area contributed by atoms with Crippen LogP contribution in [0.15, 0.2) is 51.3 Å². The topological polar surface area (TPSA) is 106 Å². The summed E-state index contributed by atoms with van der Waals surface area (Å²) >= 11 is 1.69. The van der Waals surface area contributed by atoms with Crippen LogP contribution in [0, 0.1) is 0 Å². The molecule has 32 heavy (non-hydrogen) atoms. The number of alkyl carbamates (subject to hydrolysis) is 1. The molecule has 2 aromatic rings. The van der Waals surface area contributed by atoms with Gasteiger partial charge in [-0.1, -0.05) is 26.0 Å². The fourth-order valence-corrected chi connectivity index (χ4v) is 3.89. The summed E-state index contributed by atoms with van der Waals surface area (Å²) in [7, 11) is 1.27. The SMILES string of the molecule is CCc1ccc(C/C=C(/C)C(=O)c2c(O)cc(C(C)CC/C=C/NC(=O)OC)oc2=O)s1. The Kier molecular flexibility index (Phi) is 9.46. The number of carbonyl (C=O) groups is 2. The quantitative estimate of drug-likeness (QED) is 0.378. The van der Waals surface area contributed by atoms with E-state index in [2.05, 4.69) is 23.0 Å². The van der Waals surface area contributed by atoms with Gasteiger partial charge in [-0.25, -0.2) is 9.59 Å². The van der Waals surface area contributed by atoms with Crippen LogP contribution in [0.2, 0.25) is 0 Å². The standard InChI is InChI=1S/C24H29NO6S/c1-5-17-11-12-18(32-17)10-9-16(3)22(27)21-19(26)14-20(31-23(21)28)15(2)8-6-7-13-25-24(29)30-4/h7,9,11-15,26H,5-6,8,10H2,1-4H3,(H,25,29)/b13-7+,16-9-. The maximum absolute atomic E-state index is 12.7. The summed E-state index contributed by atoms with van der Waals surface area (Å²) in [6, 6.07) is 5.42. The number of carbonyl (C=O) groups excluding carboxylic acids is 2. The number of methoxy groups -OCH3 is 1. The highest BCUT2D eigenvalue weighted by atomic mass is 32.1. The molecule has 0 aliphatic heterocycles. The van der Waals surface area contributed by atoms with Gasteiger partial charge in [0.25, 0.3) is 0 Å². The molecule has 0 spiro atoms. The molecule has 8 heteroatoms. The lowest BCUT2D eigenvalue weighted by atomic mass is 9.99. The minimum Gasteiger partial charge on any atom is -0.507 e. The van der Waals surface area contributed by atoms with Gasteiger partial charge in [-0.2, -0.15) is 0 Å². The highest BCUT2D eigenvalue weighted by Gasteiger charge is 2.22. The Bertz CT molecular complexity index is 1060. The number of nitrogens with one attached hydrogen (secondary N) is 1. The largest absolute Gasteiger partial charge is 0.507 e. The Balaban J connectivity index is 2.05. The normalized spacial score (nSPS) is 12.7. The summed E-state index contributed by atoms with van der Waals surface area (Å²) < 4.78 is 9.79. The van der Waals surface area contributed by atoms with E-state index >= 15 is 0 Å². The third-order valence-electron chi connectivity index (χ3n) is 4.97. The van der Waals surface area contributed by atoms with Crippen LogP contribution in [0.5, 0.6) is 5.75 Å². The van der Waals surface area contributed by atoms with Gasteiger partial charge in [0, 0.05) is 34.4 Å². The van der Waals surface area contributed by atoms with Gasteiger partial charge < -0.3 is 14.3 Å². The lowest BCUT2D eigenvalue weighted by Gasteiger charge is -2.11. The Labute approximate surface area is 191 Å².